The van der Waals surface area contributed by atoms with E-state index in [0.717, 1.165) is 24.3 Å². The Morgan fingerprint density at radius 3 is 2.28 bits per heavy atom. The van der Waals surface area contributed by atoms with Crippen molar-refractivity contribution in [3.8, 4) is 0 Å². The molecule has 0 fully saturated rings. The highest BCUT2D eigenvalue weighted by Crippen LogP contribution is 2.29. The summed E-state index contributed by atoms with van der Waals surface area (Å²) in [6.07, 6.45) is -4.40. The molecule has 5 nitrogen and oxygen atoms in total. The van der Waals surface area contributed by atoms with Crippen molar-refractivity contribution in [1.29, 1.82) is 0 Å². The van der Waals surface area contributed by atoms with E-state index in [9.17, 15) is 18.0 Å². The second-order valence-corrected chi connectivity index (χ2v) is 3.26. The number of hydrogen-bond donors (Lipinski definition) is 3. The van der Waals surface area contributed by atoms with Gasteiger partial charge in [0.2, 0.25) is 0 Å². The monoisotopic (exact) mass is 260 g/mol. The van der Waals surface area contributed by atoms with Crippen LogP contribution in [0.25, 0.3) is 0 Å². The molecule has 0 radical (unpaired) electrons. The van der Waals surface area contributed by atoms with Gasteiger partial charge in [0.05, 0.1) is 5.56 Å². The number of benzene rings is 1. The molecule has 1 rings (SSSR count). The van der Waals surface area contributed by atoms with Gasteiger partial charge in [0, 0.05) is 12.7 Å². The number of rotatable bonds is 1. The predicted octanol–water partition coefficient (Wildman–Crippen LogP) is 1.77. The topological polar surface area (TPSA) is 79.5 Å². The number of carbonyl (C=O) groups is 1. The molecule has 1 aromatic rings. The molecule has 0 aromatic heterocycles. The first-order valence-electron chi connectivity index (χ1n) is 4.80. The Balaban J connectivity index is 2.67. The minimum absolute atomic E-state index is 0.0978. The number of urea groups is 1. The standard InChI is InChI=1S/C10H11F3N4O/c1-15-8(14)17-9(18)16-7-4-2-6(3-5-7)10(11,12)13/h2-5H,1H3,(H4,14,15,16,17,18). The molecule has 0 spiro atoms. The Kier molecular flexibility index (Phi) is 4.13. The molecule has 0 aliphatic carbocycles. The molecule has 0 saturated heterocycles. The lowest BCUT2D eigenvalue weighted by Crippen LogP contribution is -2.39. The molecule has 0 saturated carbocycles. The van der Waals surface area contributed by atoms with E-state index < -0.39 is 17.8 Å². The van der Waals surface area contributed by atoms with E-state index in [-0.39, 0.29) is 11.6 Å². The number of hydrogen-bond acceptors (Lipinski definition) is 2. The van der Waals surface area contributed by atoms with Crippen molar-refractivity contribution in [2.75, 3.05) is 12.4 Å². The second kappa shape index (κ2) is 5.39. The lowest BCUT2D eigenvalue weighted by molar-refractivity contribution is -0.137. The van der Waals surface area contributed by atoms with Crippen molar-refractivity contribution in [2.24, 2.45) is 10.7 Å². The highest BCUT2D eigenvalue weighted by molar-refractivity contribution is 6.01. The van der Waals surface area contributed by atoms with Gasteiger partial charge in [0.1, 0.15) is 0 Å². The number of carbonyl (C=O) groups excluding carboxylic acids is 1. The summed E-state index contributed by atoms with van der Waals surface area (Å²) in [6, 6.07) is 3.33. The van der Waals surface area contributed by atoms with Gasteiger partial charge in [-0.05, 0) is 24.3 Å². The molecule has 4 N–H and O–H groups in total. The number of nitrogens with two attached hydrogens (primary N) is 1. The number of nitrogens with one attached hydrogen (secondary N) is 2. The van der Waals surface area contributed by atoms with Crippen LogP contribution >= 0.6 is 0 Å². The second-order valence-electron chi connectivity index (χ2n) is 3.26. The Morgan fingerprint density at radius 1 is 1.28 bits per heavy atom. The molecular weight excluding hydrogens is 249 g/mol. The fraction of sp³-hybridized carbons (Fsp3) is 0.200. The van der Waals surface area contributed by atoms with Crippen molar-refractivity contribution in [3.63, 3.8) is 0 Å². The number of nitrogens with zero attached hydrogens (tertiary/aromatic N) is 1. The quantitative estimate of drug-likeness (QED) is 0.531. The molecular formula is C10H11F3N4O. The number of anilines is 1. The molecule has 1 aromatic carbocycles. The number of alkyl halides is 3. The third-order valence-electron chi connectivity index (χ3n) is 1.95. The molecule has 2 amide bonds. The van der Waals surface area contributed by atoms with Crippen LogP contribution in [0.5, 0.6) is 0 Å². The van der Waals surface area contributed by atoms with Gasteiger partial charge >= 0.3 is 12.2 Å². The summed E-state index contributed by atoms with van der Waals surface area (Å²) >= 11 is 0. The van der Waals surface area contributed by atoms with Crippen molar-refractivity contribution >= 4 is 17.7 Å². The molecule has 98 valence electrons. The Labute approximate surface area is 101 Å². The van der Waals surface area contributed by atoms with Gasteiger partial charge in [-0.25, -0.2) is 4.79 Å². The average molecular weight is 260 g/mol. The van der Waals surface area contributed by atoms with E-state index in [2.05, 4.69) is 15.6 Å². The fourth-order valence-corrected chi connectivity index (χ4v) is 1.08. The van der Waals surface area contributed by atoms with Gasteiger partial charge in [-0.3, -0.25) is 10.3 Å². The molecule has 0 aliphatic rings. The van der Waals surface area contributed by atoms with Gasteiger partial charge in [0.15, 0.2) is 5.96 Å². The number of halogens is 3. The highest BCUT2D eigenvalue weighted by Gasteiger charge is 2.29. The molecule has 18 heavy (non-hydrogen) atoms. The van der Waals surface area contributed by atoms with Crippen molar-refractivity contribution in [3.05, 3.63) is 29.8 Å². The van der Waals surface area contributed by atoms with E-state index in [4.69, 9.17) is 5.73 Å². The fourth-order valence-electron chi connectivity index (χ4n) is 1.08. The molecule has 0 atom stereocenters. The number of aliphatic imine (C=N–C) groups is 1. The van der Waals surface area contributed by atoms with Crippen LogP contribution in [0.15, 0.2) is 29.3 Å². The third kappa shape index (κ3) is 3.96. The van der Waals surface area contributed by atoms with E-state index in [1.54, 1.807) is 0 Å². The minimum Gasteiger partial charge on any atom is -0.370 e. The summed E-state index contributed by atoms with van der Waals surface area (Å²) in [6.45, 7) is 0. The average Bonchev–Trinajstić information content (AvgIpc) is 2.28. The summed E-state index contributed by atoms with van der Waals surface area (Å²) in [7, 11) is 1.38. The SMILES string of the molecule is CN=C(N)NC(=O)Nc1ccc(C(F)(F)F)cc1. The van der Waals surface area contributed by atoms with Crippen molar-refractivity contribution in [2.45, 2.75) is 6.18 Å². The predicted molar refractivity (Wildman–Crippen MR) is 61.1 cm³/mol. The van der Waals surface area contributed by atoms with Crippen LogP contribution in [0.2, 0.25) is 0 Å². The normalized spacial score (nSPS) is 12.1. The zero-order chi connectivity index (χ0) is 13.8. The number of guanidine groups is 1. The van der Waals surface area contributed by atoms with E-state index in [1.165, 1.54) is 7.05 Å². The summed E-state index contributed by atoms with van der Waals surface area (Å²) < 4.78 is 36.8. The molecule has 8 heteroatoms. The van der Waals surface area contributed by atoms with Crippen molar-refractivity contribution < 1.29 is 18.0 Å². The Hall–Kier alpha value is -2.25. The van der Waals surface area contributed by atoms with E-state index >= 15 is 0 Å². The third-order valence-corrected chi connectivity index (χ3v) is 1.95. The molecule has 0 bridgehead atoms. The first kappa shape index (κ1) is 13.8. The van der Waals surface area contributed by atoms with Crippen LogP contribution in [0.1, 0.15) is 5.56 Å². The maximum absolute atomic E-state index is 12.3. The first-order chi connectivity index (χ1) is 8.32. The Morgan fingerprint density at radius 2 is 1.83 bits per heavy atom. The largest absolute Gasteiger partial charge is 0.416 e. The minimum atomic E-state index is -4.40. The van der Waals surface area contributed by atoms with Gasteiger partial charge < -0.3 is 11.1 Å². The molecule has 0 unspecified atom stereocenters. The Bertz CT molecular complexity index is 453. The van der Waals surface area contributed by atoms with Crippen LogP contribution in [0.3, 0.4) is 0 Å². The zero-order valence-corrected chi connectivity index (χ0v) is 9.38. The van der Waals surface area contributed by atoms with Gasteiger partial charge in [-0.1, -0.05) is 0 Å². The van der Waals surface area contributed by atoms with Crippen LogP contribution in [-0.4, -0.2) is 19.0 Å². The lowest BCUT2D eigenvalue weighted by atomic mass is 10.2. The van der Waals surface area contributed by atoms with E-state index in [0.29, 0.717) is 0 Å². The molecule has 0 aliphatic heterocycles. The summed E-state index contributed by atoms with van der Waals surface area (Å²) in [5.41, 5.74) is 4.66. The van der Waals surface area contributed by atoms with Crippen LogP contribution in [-0.2, 0) is 6.18 Å². The smallest absolute Gasteiger partial charge is 0.370 e. The maximum Gasteiger partial charge on any atom is 0.416 e. The van der Waals surface area contributed by atoms with Crippen molar-refractivity contribution in [1.82, 2.24) is 5.32 Å². The lowest BCUT2D eigenvalue weighted by Gasteiger charge is -2.09. The molecule has 0 heterocycles. The van der Waals surface area contributed by atoms with Crippen LogP contribution in [0.4, 0.5) is 23.7 Å². The van der Waals surface area contributed by atoms with Crippen LogP contribution in [0, 0.1) is 0 Å². The van der Waals surface area contributed by atoms with E-state index in [1.807, 2.05) is 0 Å². The first-order valence-corrected chi connectivity index (χ1v) is 4.80. The highest BCUT2D eigenvalue weighted by atomic mass is 19.4. The summed E-state index contributed by atoms with van der Waals surface area (Å²) in [4.78, 5) is 14.7. The summed E-state index contributed by atoms with van der Waals surface area (Å²) in [5.74, 6) is -0.0978. The van der Waals surface area contributed by atoms with Gasteiger partial charge in [0.25, 0.3) is 0 Å². The number of amides is 2. The maximum atomic E-state index is 12.3. The van der Waals surface area contributed by atoms with Gasteiger partial charge in [-0.2, -0.15) is 13.2 Å². The summed E-state index contributed by atoms with van der Waals surface area (Å²) in [5, 5.41) is 4.49. The zero-order valence-electron chi connectivity index (χ0n) is 9.38. The van der Waals surface area contributed by atoms with Gasteiger partial charge in [-0.15, -0.1) is 0 Å². The van der Waals surface area contributed by atoms with Crippen LogP contribution < -0.4 is 16.4 Å².